The number of halogens is 6. The SMILES string of the molecule is Cc1nn(-c2cc(O[C@@H](C)C(F)(F)F)c(C(=O)Nc3c(F)cccc3F)cc2F)c(=O)n1CC1CC1. The Bertz CT molecular complexity index is 1360. The standard InChI is InChI=1S/C23H20F6N4O3/c1-11(23(27,28)29)36-19-9-18(33-22(35)32(12(2)31-33)10-13-6-7-13)17(26)8-14(19)21(34)30-20-15(24)4-3-5-16(20)25/h3-5,8-9,11,13H,6-7,10H2,1-2H3,(H,30,34)/t11-/m0/s1. The molecule has 2 aromatic carbocycles. The number of aryl methyl sites for hydroxylation is 1. The van der Waals surface area contributed by atoms with E-state index < -0.39 is 64.0 Å². The Morgan fingerprint density at radius 2 is 1.81 bits per heavy atom. The Morgan fingerprint density at radius 3 is 2.39 bits per heavy atom. The van der Waals surface area contributed by atoms with Gasteiger partial charge >= 0.3 is 11.9 Å². The molecule has 0 aliphatic heterocycles. The van der Waals surface area contributed by atoms with Gasteiger partial charge in [0.15, 0.2) is 6.10 Å². The van der Waals surface area contributed by atoms with Gasteiger partial charge in [-0.05, 0) is 50.8 Å². The van der Waals surface area contributed by atoms with Crippen LogP contribution in [0.1, 0.15) is 35.9 Å². The van der Waals surface area contributed by atoms with E-state index >= 15 is 4.39 Å². The topological polar surface area (TPSA) is 78.2 Å². The van der Waals surface area contributed by atoms with Crippen LogP contribution in [-0.4, -0.2) is 32.5 Å². The van der Waals surface area contributed by atoms with E-state index in [4.69, 9.17) is 4.74 Å². The lowest BCUT2D eigenvalue weighted by Gasteiger charge is -2.20. The predicted molar refractivity (Wildman–Crippen MR) is 116 cm³/mol. The Kier molecular flexibility index (Phi) is 6.58. The number of rotatable bonds is 7. The van der Waals surface area contributed by atoms with Crippen molar-refractivity contribution in [2.45, 2.75) is 45.5 Å². The third kappa shape index (κ3) is 5.09. The number of para-hydroxylation sites is 1. The normalized spacial score (nSPS) is 14.6. The highest BCUT2D eigenvalue weighted by Gasteiger charge is 2.39. The average molecular weight is 514 g/mol. The van der Waals surface area contributed by atoms with E-state index in [9.17, 15) is 31.5 Å². The van der Waals surface area contributed by atoms with E-state index in [2.05, 4.69) is 5.10 Å². The Hall–Kier alpha value is -3.77. The highest BCUT2D eigenvalue weighted by atomic mass is 19.4. The fourth-order valence-electron chi connectivity index (χ4n) is 3.46. The molecule has 1 saturated carbocycles. The molecule has 3 aromatic rings. The summed E-state index contributed by atoms with van der Waals surface area (Å²) in [6.07, 6.45) is -5.46. The predicted octanol–water partition coefficient (Wildman–Crippen LogP) is 4.75. The Labute approximate surface area is 200 Å². The van der Waals surface area contributed by atoms with Gasteiger partial charge in [0.25, 0.3) is 5.91 Å². The highest BCUT2D eigenvalue weighted by molar-refractivity contribution is 6.06. The summed E-state index contributed by atoms with van der Waals surface area (Å²) >= 11 is 0. The monoisotopic (exact) mass is 514 g/mol. The summed E-state index contributed by atoms with van der Waals surface area (Å²) in [6, 6.07) is 3.97. The number of hydrogen-bond donors (Lipinski definition) is 1. The number of carbonyl (C=O) groups is 1. The molecular formula is C23H20F6N4O3. The van der Waals surface area contributed by atoms with Gasteiger partial charge in [0, 0.05) is 12.6 Å². The quantitative estimate of drug-likeness (QED) is 0.462. The largest absolute Gasteiger partial charge is 0.480 e. The molecule has 4 rings (SSSR count). The first-order valence-electron chi connectivity index (χ1n) is 10.9. The maximum Gasteiger partial charge on any atom is 0.425 e. The number of amides is 1. The summed E-state index contributed by atoms with van der Waals surface area (Å²) in [7, 11) is 0. The molecule has 1 aromatic heterocycles. The third-order valence-corrected chi connectivity index (χ3v) is 5.67. The molecule has 0 spiro atoms. The smallest absolute Gasteiger partial charge is 0.425 e. The number of carbonyl (C=O) groups excluding carboxylic acids is 1. The van der Waals surface area contributed by atoms with Gasteiger partial charge in [0.2, 0.25) is 0 Å². The van der Waals surface area contributed by atoms with Crippen LogP contribution in [0.3, 0.4) is 0 Å². The first-order valence-corrected chi connectivity index (χ1v) is 10.9. The van der Waals surface area contributed by atoms with E-state index in [1.54, 1.807) is 0 Å². The second-order valence-electron chi connectivity index (χ2n) is 8.45. The molecule has 0 radical (unpaired) electrons. The molecule has 1 atom stereocenters. The molecule has 1 heterocycles. The summed E-state index contributed by atoms with van der Waals surface area (Å²) in [6.45, 7) is 2.53. The lowest BCUT2D eigenvalue weighted by molar-refractivity contribution is -0.189. The zero-order chi connectivity index (χ0) is 26.4. The number of aromatic nitrogens is 3. The third-order valence-electron chi connectivity index (χ3n) is 5.67. The van der Waals surface area contributed by atoms with Crippen molar-refractivity contribution in [3.8, 4) is 11.4 Å². The van der Waals surface area contributed by atoms with Gasteiger partial charge in [-0.2, -0.15) is 23.0 Å². The first kappa shape index (κ1) is 25.3. The zero-order valence-electron chi connectivity index (χ0n) is 19.0. The fraction of sp³-hybridized carbons (Fsp3) is 0.348. The minimum Gasteiger partial charge on any atom is -0.480 e. The second-order valence-corrected chi connectivity index (χ2v) is 8.45. The van der Waals surface area contributed by atoms with Gasteiger partial charge in [0.05, 0.1) is 5.56 Å². The molecule has 0 unspecified atom stereocenters. The van der Waals surface area contributed by atoms with Crippen molar-refractivity contribution in [2.75, 3.05) is 5.32 Å². The molecule has 1 fully saturated rings. The van der Waals surface area contributed by atoms with Crippen LogP contribution < -0.4 is 15.7 Å². The van der Waals surface area contributed by atoms with Crippen LogP contribution in [0.25, 0.3) is 5.69 Å². The van der Waals surface area contributed by atoms with Gasteiger partial charge in [0.1, 0.15) is 40.4 Å². The maximum absolute atomic E-state index is 15.1. The molecule has 0 saturated heterocycles. The van der Waals surface area contributed by atoms with Crippen LogP contribution >= 0.6 is 0 Å². The summed E-state index contributed by atoms with van der Waals surface area (Å²) in [5, 5.41) is 5.89. The van der Waals surface area contributed by atoms with Crippen molar-refractivity contribution in [2.24, 2.45) is 5.92 Å². The molecule has 1 amide bonds. The lowest BCUT2D eigenvalue weighted by Crippen LogP contribution is -2.32. The van der Waals surface area contributed by atoms with E-state index in [0.717, 1.165) is 37.1 Å². The number of hydrogen-bond acceptors (Lipinski definition) is 4. The fourth-order valence-corrected chi connectivity index (χ4v) is 3.46. The number of anilines is 1. The minimum absolute atomic E-state index is 0.259. The van der Waals surface area contributed by atoms with Crippen molar-refractivity contribution in [1.82, 2.24) is 14.3 Å². The van der Waals surface area contributed by atoms with E-state index in [1.807, 2.05) is 5.32 Å². The van der Waals surface area contributed by atoms with Gasteiger partial charge in [-0.3, -0.25) is 9.36 Å². The molecule has 36 heavy (non-hydrogen) atoms. The van der Waals surface area contributed by atoms with Gasteiger partial charge in [-0.1, -0.05) is 6.07 Å². The molecule has 192 valence electrons. The zero-order valence-corrected chi connectivity index (χ0v) is 19.0. The van der Waals surface area contributed by atoms with Crippen molar-refractivity contribution in [3.63, 3.8) is 0 Å². The number of nitrogens with zero attached hydrogens (tertiary/aromatic N) is 3. The molecule has 1 aliphatic carbocycles. The van der Waals surface area contributed by atoms with Crippen LogP contribution in [-0.2, 0) is 6.54 Å². The van der Waals surface area contributed by atoms with Crippen molar-refractivity contribution < 1.29 is 35.9 Å². The van der Waals surface area contributed by atoms with Crippen molar-refractivity contribution in [3.05, 3.63) is 69.7 Å². The van der Waals surface area contributed by atoms with Crippen molar-refractivity contribution >= 4 is 11.6 Å². The van der Waals surface area contributed by atoms with E-state index in [1.165, 1.54) is 11.5 Å². The van der Waals surface area contributed by atoms with Crippen LogP contribution in [0.4, 0.5) is 32.0 Å². The molecule has 0 bridgehead atoms. The molecular weight excluding hydrogens is 494 g/mol. The second kappa shape index (κ2) is 9.36. The lowest BCUT2D eigenvalue weighted by atomic mass is 10.1. The number of ether oxygens (including phenoxy) is 1. The maximum atomic E-state index is 15.1. The summed E-state index contributed by atoms with van der Waals surface area (Å²) in [5.41, 5.74) is -2.95. The van der Waals surface area contributed by atoms with Crippen LogP contribution in [0, 0.1) is 30.3 Å². The Balaban J connectivity index is 1.79. The van der Waals surface area contributed by atoms with E-state index in [-0.39, 0.29) is 11.7 Å². The molecule has 7 nitrogen and oxygen atoms in total. The van der Waals surface area contributed by atoms with Crippen LogP contribution in [0.2, 0.25) is 0 Å². The van der Waals surface area contributed by atoms with Crippen LogP contribution in [0.5, 0.6) is 5.75 Å². The van der Waals surface area contributed by atoms with Crippen LogP contribution in [0.15, 0.2) is 35.1 Å². The highest BCUT2D eigenvalue weighted by Crippen LogP contribution is 2.32. The summed E-state index contributed by atoms with van der Waals surface area (Å²) < 4.78 is 89.6. The van der Waals surface area contributed by atoms with E-state index in [0.29, 0.717) is 24.2 Å². The molecule has 1 N–H and O–H groups in total. The summed E-state index contributed by atoms with van der Waals surface area (Å²) in [5.74, 6) is -5.08. The van der Waals surface area contributed by atoms with Gasteiger partial charge in [-0.25, -0.2) is 18.0 Å². The van der Waals surface area contributed by atoms with Gasteiger partial charge in [-0.15, -0.1) is 0 Å². The summed E-state index contributed by atoms with van der Waals surface area (Å²) in [4.78, 5) is 25.6. The average Bonchev–Trinajstić information content (AvgIpc) is 3.57. The van der Waals surface area contributed by atoms with Gasteiger partial charge < -0.3 is 10.1 Å². The first-order chi connectivity index (χ1) is 16.9. The number of alkyl halides is 3. The number of nitrogens with one attached hydrogen (secondary N) is 1. The molecule has 13 heteroatoms. The number of benzene rings is 2. The molecule has 1 aliphatic rings. The van der Waals surface area contributed by atoms with Crippen molar-refractivity contribution in [1.29, 1.82) is 0 Å². The minimum atomic E-state index is -4.86. The Morgan fingerprint density at radius 1 is 1.17 bits per heavy atom.